The molecular weight excluding hydrogens is 241 g/mol. The third kappa shape index (κ3) is 2.68. The second-order valence-corrected chi connectivity index (χ2v) is 4.65. The Hall–Kier alpha value is -1.74. The Labute approximate surface area is 99.3 Å². The van der Waals surface area contributed by atoms with Gasteiger partial charge in [0, 0.05) is 17.4 Å². The van der Waals surface area contributed by atoms with Gasteiger partial charge in [0.1, 0.15) is 0 Å². The van der Waals surface area contributed by atoms with Gasteiger partial charge < -0.3 is 0 Å². The van der Waals surface area contributed by atoms with E-state index in [2.05, 4.69) is 0 Å². The summed E-state index contributed by atoms with van der Waals surface area (Å²) in [5.74, 6) is -0.489. The van der Waals surface area contributed by atoms with Gasteiger partial charge >= 0.3 is 8.18 Å². The molecular formula is C11H11NO4P+. The van der Waals surface area contributed by atoms with Crippen LogP contribution in [0.25, 0.3) is 0 Å². The van der Waals surface area contributed by atoms with Crippen LogP contribution in [0.15, 0.2) is 30.3 Å². The van der Waals surface area contributed by atoms with E-state index < -0.39 is 20.0 Å². The van der Waals surface area contributed by atoms with Crippen LogP contribution in [-0.4, -0.2) is 16.5 Å². The van der Waals surface area contributed by atoms with Crippen molar-refractivity contribution in [2.75, 3.05) is 0 Å². The van der Waals surface area contributed by atoms with E-state index in [1.165, 1.54) is 0 Å². The first-order chi connectivity index (χ1) is 8.18. The predicted octanol–water partition coefficient (Wildman–Crippen LogP) is 2.26. The summed E-state index contributed by atoms with van der Waals surface area (Å²) in [6.45, 7) is 0. The van der Waals surface area contributed by atoms with E-state index in [0.29, 0.717) is 12.2 Å². The zero-order valence-corrected chi connectivity index (χ0v) is 9.93. The van der Waals surface area contributed by atoms with Crippen LogP contribution in [0.3, 0.4) is 0 Å². The summed E-state index contributed by atoms with van der Waals surface area (Å²) < 4.78 is 17.6. The molecule has 2 amide bonds. The SMILES string of the molecule is O=C1CCCC(=O)N1[P+](=O)Oc1ccccc1. The number of piperidine rings is 1. The quantitative estimate of drug-likeness (QED) is 0.611. The molecule has 6 heteroatoms. The molecule has 1 atom stereocenters. The van der Waals surface area contributed by atoms with Gasteiger partial charge in [-0.1, -0.05) is 18.2 Å². The fraction of sp³-hybridized carbons (Fsp3) is 0.273. The topological polar surface area (TPSA) is 63.7 Å². The molecule has 1 aromatic carbocycles. The smallest absolute Gasteiger partial charge is 0.270 e. The van der Waals surface area contributed by atoms with Gasteiger partial charge in [0.2, 0.25) is 0 Å². The minimum atomic E-state index is -2.47. The van der Waals surface area contributed by atoms with Crippen molar-refractivity contribution < 1.29 is 18.7 Å². The van der Waals surface area contributed by atoms with Crippen molar-refractivity contribution in [3.63, 3.8) is 0 Å². The molecule has 5 nitrogen and oxygen atoms in total. The molecule has 1 heterocycles. The number of para-hydroxylation sites is 1. The van der Waals surface area contributed by atoms with E-state index in [-0.39, 0.29) is 12.8 Å². The molecule has 1 unspecified atom stereocenters. The summed E-state index contributed by atoms with van der Waals surface area (Å²) in [4.78, 5) is 23.0. The van der Waals surface area contributed by atoms with Crippen molar-refractivity contribution >= 4 is 20.0 Å². The highest BCUT2D eigenvalue weighted by Crippen LogP contribution is 2.34. The van der Waals surface area contributed by atoms with Crippen molar-refractivity contribution in [1.82, 2.24) is 4.67 Å². The van der Waals surface area contributed by atoms with E-state index in [9.17, 15) is 14.2 Å². The van der Waals surface area contributed by atoms with Crippen LogP contribution < -0.4 is 4.52 Å². The third-order valence-electron chi connectivity index (χ3n) is 2.34. The number of hydrogen-bond donors (Lipinski definition) is 0. The van der Waals surface area contributed by atoms with Gasteiger partial charge in [-0.3, -0.25) is 9.59 Å². The molecule has 1 fully saturated rings. The van der Waals surface area contributed by atoms with Crippen molar-refractivity contribution in [2.45, 2.75) is 19.3 Å². The lowest BCUT2D eigenvalue weighted by Crippen LogP contribution is -2.35. The number of carbonyl (C=O) groups is 2. The number of carbonyl (C=O) groups excluding carboxylic acids is 2. The van der Waals surface area contributed by atoms with Gasteiger partial charge in [0.15, 0.2) is 5.75 Å². The Morgan fingerprint density at radius 2 is 1.65 bits per heavy atom. The summed E-state index contributed by atoms with van der Waals surface area (Å²) in [5, 5.41) is 0. The Bertz CT molecular complexity index is 444. The average Bonchev–Trinajstić information content (AvgIpc) is 2.30. The molecule has 0 aromatic heterocycles. The molecule has 1 saturated heterocycles. The highest BCUT2D eigenvalue weighted by atomic mass is 31.1. The van der Waals surface area contributed by atoms with Crippen molar-refractivity contribution in [1.29, 1.82) is 0 Å². The lowest BCUT2D eigenvalue weighted by atomic mass is 10.1. The largest absolute Gasteiger partial charge is 0.707 e. The second-order valence-electron chi connectivity index (χ2n) is 3.60. The number of benzene rings is 1. The monoisotopic (exact) mass is 252 g/mol. The molecule has 0 N–H and O–H groups in total. The average molecular weight is 252 g/mol. The lowest BCUT2D eigenvalue weighted by molar-refractivity contribution is -0.141. The number of imide groups is 1. The molecule has 0 aliphatic carbocycles. The van der Waals surface area contributed by atoms with Gasteiger partial charge in [0.25, 0.3) is 11.8 Å². The van der Waals surface area contributed by atoms with Crippen LogP contribution in [0.5, 0.6) is 5.75 Å². The molecule has 0 radical (unpaired) electrons. The molecule has 2 rings (SSSR count). The van der Waals surface area contributed by atoms with E-state index in [1.54, 1.807) is 30.3 Å². The fourth-order valence-corrected chi connectivity index (χ4v) is 2.48. The zero-order chi connectivity index (χ0) is 12.3. The number of nitrogens with zero attached hydrogens (tertiary/aromatic N) is 1. The minimum absolute atomic E-state index is 0.241. The Balaban J connectivity index is 2.09. The molecule has 17 heavy (non-hydrogen) atoms. The zero-order valence-electron chi connectivity index (χ0n) is 9.04. The van der Waals surface area contributed by atoms with Gasteiger partial charge in [-0.25, -0.2) is 4.52 Å². The highest BCUT2D eigenvalue weighted by Gasteiger charge is 2.44. The summed E-state index contributed by atoms with van der Waals surface area (Å²) >= 11 is 0. The molecule has 0 spiro atoms. The Morgan fingerprint density at radius 3 is 2.24 bits per heavy atom. The molecule has 0 bridgehead atoms. The van der Waals surface area contributed by atoms with E-state index in [4.69, 9.17) is 4.52 Å². The van der Waals surface area contributed by atoms with Crippen LogP contribution in [0.4, 0.5) is 0 Å². The first-order valence-corrected chi connectivity index (χ1v) is 6.37. The van der Waals surface area contributed by atoms with Crippen molar-refractivity contribution in [3.05, 3.63) is 30.3 Å². The fourth-order valence-electron chi connectivity index (χ4n) is 1.54. The van der Waals surface area contributed by atoms with Gasteiger partial charge in [-0.15, -0.1) is 0 Å². The Morgan fingerprint density at radius 1 is 1.06 bits per heavy atom. The highest BCUT2D eigenvalue weighted by molar-refractivity contribution is 7.38. The third-order valence-corrected chi connectivity index (χ3v) is 3.48. The molecule has 1 aliphatic heterocycles. The van der Waals surface area contributed by atoms with Crippen LogP contribution in [0.2, 0.25) is 0 Å². The number of hydrogen-bond acceptors (Lipinski definition) is 4. The molecule has 1 aliphatic rings. The van der Waals surface area contributed by atoms with E-state index in [0.717, 1.165) is 4.67 Å². The van der Waals surface area contributed by atoms with Crippen molar-refractivity contribution in [3.8, 4) is 5.75 Å². The maximum absolute atomic E-state index is 11.8. The first kappa shape index (κ1) is 11.7. The maximum atomic E-state index is 11.8. The van der Waals surface area contributed by atoms with Crippen LogP contribution in [0, 0.1) is 0 Å². The number of amides is 2. The molecule has 0 saturated carbocycles. The minimum Gasteiger partial charge on any atom is -0.270 e. The Kier molecular flexibility index (Phi) is 3.49. The van der Waals surface area contributed by atoms with Gasteiger partial charge in [-0.2, -0.15) is 0 Å². The van der Waals surface area contributed by atoms with E-state index >= 15 is 0 Å². The maximum Gasteiger partial charge on any atom is 0.707 e. The van der Waals surface area contributed by atoms with Crippen LogP contribution >= 0.6 is 8.18 Å². The van der Waals surface area contributed by atoms with Gasteiger partial charge in [-0.05, 0) is 23.2 Å². The predicted molar refractivity (Wildman–Crippen MR) is 60.4 cm³/mol. The molecule has 88 valence electrons. The molecule has 1 aromatic rings. The van der Waals surface area contributed by atoms with Gasteiger partial charge in [0.05, 0.1) is 0 Å². The normalized spacial score (nSPS) is 16.9. The van der Waals surface area contributed by atoms with Crippen LogP contribution in [0.1, 0.15) is 19.3 Å². The number of rotatable bonds is 3. The summed E-state index contributed by atoms with van der Waals surface area (Å²) in [7, 11) is -2.47. The summed E-state index contributed by atoms with van der Waals surface area (Å²) in [6, 6.07) is 8.46. The van der Waals surface area contributed by atoms with E-state index in [1.807, 2.05) is 0 Å². The van der Waals surface area contributed by atoms with Crippen LogP contribution in [-0.2, 0) is 14.2 Å². The standard InChI is InChI=1S/C11H11NO4P/c13-10-7-4-8-11(14)12(10)17(15)16-9-5-2-1-3-6-9/h1-3,5-6H,4,7-8H2/q+1. The summed E-state index contributed by atoms with van der Waals surface area (Å²) in [6.07, 6.45) is 0.999. The summed E-state index contributed by atoms with van der Waals surface area (Å²) in [5.41, 5.74) is 0. The lowest BCUT2D eigenvalue weighted by Gasteiger charge is -2.12. The first-order valence-electron chi connectivity index (χ1n) is 5.24. The van der Waals surface area contributed by atoms with Crippen molar-refractivity contribution in [2.24, 2.45) is 0 Å². The second kappa shape index (κ2) is 5.06.